The van der Waals surface area contributed by atoms with Crippen molar-refractivity contribution in [3.05, 3.63) is 29.0 Å². The lowest BCUT2D eigenvalue weighted by Gasteiger charge is -2.11. The van der Waals surface area contributed by atoms with Gasteiger partial charge in [-0.05, 0) is 12.1 Å². The van der Waals surface area contributed by atoms with Crippen molar-refractivity contribution in [2.24, 2.45) is 5.73 Å². The van der Waals surface area contributed by atoms with E-state index in [0.29, 0.717) is 0 Å². The lowest BCUT2D eigenvalue weighted by Crippen LogP contribution is -2.39. The minimum Gasteiger partial charge on any atom is -0.383 e. The molecule has 16 heavy (non-hydrogen) atoms. The zero-order valence-corrected chi connectivity index (χ0v) is 9.42. The van der Waals surface area contributed by atoms with E-state index in [9.17, 15) is 9.18 Å². The average molecular weight is 247 g/mol. The van der Waals surface area contributed by atoms with Gasteiger partial charge in [0.2, 0.25) is 5.91 Å². The van der Waals surface area contributed by atoms with Crippen LogP contribution in [-0.2, 0) is 9.53 Å². The number of anilines is 1. The van der Waals surface area contributed by atoms with Gasteiger partial charge in [0.1, 0.15) is 6.04 Å². The Bertz CT molecular complexity index is 387. The summed E-state index contributed by atoms with van der Waals surface area (Å²) >= 11 is 5.56. The number of nitrogens with two attached hydrogens (primary N) is 1. The van der Waals surface area contributed by atoms with Gasteiger partial charge in [-0.3, -0.25) is 4.79 Å². The topological polar surface area (TPSA) is 64.3 Å². The van der Waals surface area contributed by atoms with Crippen LogP contribution in [0.5, 0.6) is 0 Å². The molecule has 0 saturated carbocycles. The Labute approximate surface area is 97.5 Å². The zero-order valence-electron chi connectivity index (χ0n) is 8.67. The normalized spacial score (nSPS) is 12.2. The van der Waals surface area contributed by atoms with Gasteiger partial charge in [-0.1, -0.05) is 17.7 Å². The fraction of sp³-hybridized carbons (Fsp3) is 0.300. The summed E-state index contributed by atoms with van der Waals surface area (Å²) in [5.41, 5.74) is 5.47. The molecule has 1 rings (SSSR count). The van der Waals surface area contributed by atoms with Gasteiger partial charge in [0.15, 0.2) is 5.82 Å². The van der Waals surface area contributed by atoms with E-state index >= 15 is 0 Å². The number of benzene rings is 1. The molecule has 1 unspecified atom stereocenters. The van der Waals surface area contributed by atoms with Gasteiger partial charge in [0, 0.05) is 7.11 Å². The summed E-state index contributed by atoms with van der Waals surface area (Å²) < 4.78 is 18.1. The van der Waals surface area contributed by atoms with E-state index < -0.39 is 17.8 Å². The molecule has 0 bridgehead atoms. The van der Waals surface area contributed by atoms with Crippen LogP contribution in [0.25, 0.3) is 0 Å². The molecule has 3 N–H and O–H groups in total. The first-order chi connectivity index (χ1) is 7.56. The number of ether oxygens (including phenoxy) is 1. The Hall–Kier alpha value is -1.17. The number of halogens is 2. The third-order valence-electron chi connectivity index (χ3n) is 1.89. The number of hydrogen-bond acceptors (Lipinski definition) is 3. The van der Waals surface area contributed by atoms with E-state index in [1.165, 1.54) is 25.3 Å². The van der Waals surface area contributed by atoms with Crippen molar-refractivity contribution in [1.82, 2.24) is 0 Å². The summed E-state index contributed by atoms with van der Waals surface area (Å²) in [6, 6.07) is 3.48. The first-order valence-corrected chi connectivity index (χ1v) is 4.93. The molecule has 1 aromatic rings. The first-order valence-electron chi connectivity index (χ1n) is 4.55. The predicted octanol–water partition coefficient (Wildman–Crippen LogP) is 1.39. The van der Waals surface area contributed by atoms with Crippen molar-refractivity contribution < 1.29 is 13.9 Å². The van der Waals surface area contributed by atoms with E-state index in [1.54, 1.807) is 0 Å². The highest BCUT2D eigenvalue weighted by atomic mass is 35.5. The SMILES string of the molecule is COCC(N)C(=O)Nc1cccc(Cl)c1F. The molecular weight excluding hydrogens is 235 g/mol. The highest BCUT2D eigenvalue weighted by Crippen LogP contribution is 2.21. The van der Waals surface area contributed by atoms with Gasteiger partial charge in [-0.15, -0.1) is 0 Å². The molecule has 6 heteroatoms. The Morgan fingerprint density at radius 3 is 3.00 bits per heavy atom. The predicted molar refractivity (Wildman–Crippen MR) is 59.9 cm³/mol. The van der Waals surface area contributed by atoms with E-state index in [-0.39, 0.29) is 17.3 Å². The van der Waals surface area contributed by atoms with Crippen LogP contribution < -0.4 is 11.1 Å². The molecular formula is C10H12ClFN2O2. The minimum atomic E-state index is -0.844. The summed E-state index contributed by atoms with van der Waals surface area (Å²) in [5, 5.41) is 2.27. The molecule has 0 heterocycles. The second-order valence-electron chi connectivity index (χ2n) is 3.15. The molecule has 0 saturated heterocycles. The molecule has 0 spiro atoms. The molecule has 88 valence electrons. The molecule has 0 radical (unpaired) electrons. The maximum absolute atomic E-state index is 13.4. The summed E-state index contributed by atoms with van der Waals surface area (Å²) in [6.07, 6.45) is 0. The van der Waals surface area contributed by atoms with Crippen molar-refractivity contribution in [1.29, 1.82) is 0 Å². The van der Waals surface area contributed by atoms with Gasteiger partial charge in [-0.25, -0.2) is 4.39 Å². The Morgan fingerprint density at radius 1 is 1.69 bits per heavy atom. The Balaban J connectivity index is 2.73. The second kappa shape index (κ2) is 5.79. The fourth-order valence-electron chi connectivity index (χ4n) is 1.08. The third kappa shape index (κ3) is 3.16. The molecule has 1 aromatic carbocycles. The van der Waals surface area contributed by atoms with Crippen molar-refractivity contribution in [3.8, 4) is 0 Å². The number of carbonyl (C=O) groups is 1. The number of nitrogens with one attached hydrogen (secondary N) is 1. The molecule has 1 amide bonds. The van der Waals surface area contributed by atoms with Gasteiger partial charge in [0.05, 0.1) is 17.3 Å². The number of carbonyl (C=O) groups excluding carboxylic acids is 1. The van der Waals surface area contributed by atoms with Crippen LogP contribution in [0, 0.1) is 5.82 Å². The maximum atomic E-state index is 13.4. The van der Waals surface area contributed by atoms with Gasteiger partial charge >= 0.3 is 0 Å². The van der Waals surface area contributed by atoms with Gasteiger partial charge < -0.3 is 15.8 Å². The average Bonchev–Trinajstić information content (AvgIpc) is 2.25. The number of hydrogen-bond donors (Lipinski definition) is 2. The highest BCUT2D eigenvalue weighted by Gasteiger charge is 2.15. The number of amides is 1. The molecule has 0 aliphatic carbocycles. The maximum Gasteiger partial charge on any atom is 0.243 e. The zero-order chi connectivity index (χ0) is 12.1. The first kappa shape index (κ1) is 12.9. The minimum absolute atomic E-state index is 0.00375. The van der Waals surface area contributed by atoms with E-state index in [4.69, 9.17) is 22.1 Å². The smallest absolute Gasteiger partial charge is 0.243 e. The van der Waals surface area contributed by atoms with Crippen LogP contribution in [0.15, 0.2) is 18.2 Å². The van der Waals surface area contributed by atoms with Crippen LogP contribution in [0.3, 0.4) is 0 Å². The molecule has 0 aliphatic rings. The number of methoxy groups -OCH3 is 1. The molecule has 4 nitrogen and oxygen atoms in total. The fourth-order valence-corrected chi connectivity index (χ4v) is 1.26. The standard InChI is InChI=1S/C10H12ClFN2O2/c1-16-5-7(13)10(15)14-8-4-2-3-6(11)9(8)12/h2-4,7H,5,13H2,1H3,(H,14,15). The largest absolute Gasteiger partial charge is 0.383 e. The van der Waals surface area contributed by atoms with E-state index in [2.05, 4.69) is 5.32 Å². The van der Waals surface area contributed by atoms with Crippen molar-refractivity contribution >= 4 is 23.2 Å². The summed E-state index contributed by atoms with van der Waals surface area (Å²) in [5.74, 6) is -1.20. The summed E-state index contributed by atoms with van der Waals surface area (Å²) in [4.78, 5) is 11.4. The summed E-state index contributed by atoms with van der Waals surface area (Å²) in [6.45, 7) is 0.0635. The molecule has 0 aliphatic heterocycles. The third-order valence-corrected chi connectivity index (χ3v) is 2.18. The van der Waals surface area contributed by atoms with Gasteiger partial charge in [0.25, 0.3) is 0 Å². The molecule has 0 aromatic heterocycles. The lowest BCUT2D eigenvalue weighted by molar-refractivity contribution is -0.118. The Kier molecular flexibility index (Phi) is 4.67. The molecule has 0 fully saturated rings. The monoisotopic (exact) mass is 246 g/mol. The van der Waals surface area contributed by atoms with E-state index in [1.807, 2.05) is 0 Å². The van der Waals surface area contributed by atoms with Crippen molar-refractivity contribution in [2.45, 2.75) is 6.04 Å². The van der Waals surface area contributed by atoms with Crippen LogP contribution in [0.2, 0.25) is 5.02 Å². The van der Waals surface area contributed by atoms with Gasteiger partial charge in [-0.2, -0.15) is 0 Å². The quantitative estimate of drug-likeness (QED) is 0.844. The van der Waals surface area contributed by atoms with Crippen LogP contribution in [0.1, 0.15) is 0 Å². The van der Waals surface area contributed by atoms with Crippen LogP contribution in [-0.4, -0.2) is 25.7 Å². The molecule has 1 atom stereocenters. The highest BCUT2D eigenvalue weighted by molar-refractivity contribution is 6.31. The summed E-state index contributed by atoms with van der Waals surface area (Å²) in [7, 11) is 1.42. The number of rotatable bonds is 4. The van der Waals surface area contributed by atoms with E-state index in [0.717, 1.165) is 0 Å². The Morgan fingerprint density at radius 2 is 2.38 bits per heavy atom. The van der Waals surface area contributed by atoms with Crippen molar-refractivity contribution in [3.63, 3.8) is 0 Å². The van der Waals surface area contributed by atoms with Crippen molar-refractivity contribution in [2.75, 3.05) is 19.0 Å². The lowest BCUT2D eigenvalue weighted by atomic mass is 10.2. The second-order valence-corrected chi connectivity index (χ2v) is 3.56. The van der Waals surface area contributed by atoms with Crippen LogP contribution in [0.4, 0.5) is 10.1 Å². The van der Waals surface area contributed by atoms with Crippen LogP contribution >= 0.6 is 11.6 Å².